The fourth-order valence-corrected chi connectivity index (χ4v) is 3.16. The zero-order chi connectivity index (χ0) is 16.5. The van der Waals surface area contributed by atoms with Crippen LogP contribution in [0.3, 0.4) is 0 Å². The second-order valence-corrected chi connectivity index (χ2v) is 7.58. The topological polar surface area (TPSA) is 46.3 Å². The van der Waals surface area contributed by atoms with Crippen molar-refractivity contribution in [1.29, 1.82) is 0 Å². The molecule has 3 nitrogen and oxygen atoms in total. The molecule has 1 aromatic carbocycles. The van der Waals surface area contributed by atoms with Crippen molar-refractivity contribution in [3.8, 4) is 0 Å². The molecule has 0 saturated heterocycles. The zero-order valence-electron chi connectivity index (χ0n) is 14.6. The Morgan fingerprint density at radius 1 is 1.18 bits per heavy atom. The lowest BCUT2D eigenvalue weighted by Gasteiger charge is -2.27. The van der Waals surface area contributed by atoms with Gasteiger partial charge in [-0.15, -0.1) is 0 Å². The van der Waals surface area contributed by atoms with Crippen molar-refractivity contribution in [2.45, 2.75) is 66.6 Å². The van der Waals surface area contributed by atoms with E-state index in [1.54, 1.807) is 0 Å². The molecule has 1 atom stereocenters. The molecule has 1 aliphatic heterocycles. The van der Waals surface area contributed by atoms with Crippen LogP contribution in [0.25, 0.3) is 0 Å². The molecule has 0 saturated carbocycles. The van der Waals surface area contributed by atoms with Gasteiger partial charge >= 0.3 is 0 Å². The van der Waals surface area contributed by atoms with Crippen molar-refractivity contribution in [3.63, 3.8) is 0 Å². The normalized spacial score (nSPS) is 16.0. The Morgan fingerprint density at radius 3 is 2.32 bits per heavy atom. The van der Waals surface area contributed by atoms with Crippen LogP contribution in [-0.2, 0) is 17.9 Å². The highest BCUT2D eigenvalue weighted by Crippen LogP contribution is 2.33. The van der Waals surface area contributed by atoms with Gasteiger partial charge in [0.15, 0.2) is 0 Å². The number of hydrogen-bond donors (Lipinski definition) is 1. The molecule has 2 N–H and O–H groups in total. The second-order valence-electron chi connectivity index (χ2n) is 7.58. The molecule has 0 aromatic heterocycles. The van der Waals surface area contributed by atoms with E-state index in [-0.39, 0.29) is 17.4 Å². The third-order valence-electron chi connectivity index (χ3n) is 4.89. The SMILES string of the molecule is CCC(CC)C(=O)N1Cc2ccc(C(N)C(C)(C)C)cc2C1. The highest BCUT2D eigenvalue weighted by Gasteiger charge is 2.29. The predicted octanol–water partition coefficient (Wildman–Crippen LogP) is 4.01. The molecule has 0 fully saturated rings. The maximum atomic E-state index is 12.6. The van der Waals surface area contributed by atoms with Crippen molar-refractivity contribution in [2.75, 3.05) is 0 Å². The first-order valence-electron chi connectivity index (χ1n) is 8.44. The van der Waals surface area contributed by atoms with E-state index in [1.807, 2.05) is 4.90 Å². The van der Waals surface area contributed by atoms with Crippen molar-refractivity contribution in [3.05, 3.63) is 34.9 Å². The lowest BCUT2D eigenvalue weighted by Crippen LogP contribution is -2.31. The van der Waals surface area contributed by atoms with E-state index in [9.17, 15) is 4.79 Å². The summed E-state index contributed by atoms with van der Waals surface area (Å²) >= 11 is 0. The summed E-state index contributed by atoms with van der Waals surface area (Å²) in [6.45, 7) is 12.1. The van der Waals surface area contributed by atoms with Crippen LogP contribution in [0.15, 0.2) is 18.2 Å². The number of carbonyl (C=O) groups is 1. The summed E-state index contributed by atoms with van der Waals surface area (Å²) in [5.41, 5.74) is 10.1. The van der Waals surface area contributed by atoms with Gasteiger partial charge in [-0.25, -0.2) is 0 Å². The monoisotopic (exact) mass is 302 g/mol. The standard InChI is InChI=1S/C19H30N2O/c1-6-13(7-2)18(22)21-11-15-9-8-14(10-16(15)12-21)17(20)19(3,4)5/h8-10,13,17H,6-7,11-12,20H2,1-5H3. The second kappa shape index (κ2) is 6.41. The molecule has 1 aromatic rings. The van der Waals surface area contributed by atoms with Gasteiger partial charge in [-0.2, -0.15) is 0 Å². The van der Waals surface area contributed by atoms with E-state index in [4.69, 9.17) is 5.73 Å². The maximum Gasteiger partial charge on any atom is 0.226 e. The largest absolute Gasteiger partial charge is 0.334 e. The highest BCUT2D eigenvalue weighted by molar-refractivity contribution is 5.79. The molecule has 1 unspecified atom stereocenters. The Kier molecular flexibility index (Phi) is 4.96. The average Bonchev–Trinajstić information content (AvgIpc) is 2.89. The fourth-order valence-electron chi connectivity index (χ4n) is 3.16. The molecule has 1 amide bonds. The van der Waals surface area contributed by atoms with E-state index >= 15 is 0 Å². The van der Waals surface area contributed by atoms with E-state index < -0.39 is 0 Å². The first kappa shape index (κ1) is 17.0. The zero-order valence-corrected chi connectivity index (χ0v) is 14.6. The number of benzene rings is 1. The Bertz CT molecular complexity index is 541. The number of nitrogens with zero attached hydrogens (tertiary/aromatic N) is 1. The summed E-state index contributed by atoms with van der Waals surface area (Å²) in [6.07, 6.45) is 1.84. The molecule has 3 heteroatoms. The smallest absolute Gasteiger partial charge is 0.226 e. The van der Waals surface area contributed by atoms with E-state index in [1.165, 1.54) is 16.7 Å². The van der Waals surface area contributed by atoms with Crippen LogP contribution in [0, 0.1) is 11.3 Å². The molecule has 22 heavy (non-hydrogen) atoms. The number of fused-ring (bicyclic) bond motifs is 1. The summed E-state index contributed by atoms with van der Waals surface area (Å²) in [5.74, 6) is 0.452. The minimum atomic E-state index is 0.0154. The summed E-state index contributed by atoms with van der Waals surface area (Å²) in [6, 6.07) is 6.49. The quantitative estimate of drug-likeness (QED) is 0.913. The van der Waals surface area contributed by atoms with Crippen LogP contribution in [0.4, 0.5) is 0 Å². The van der Waals surface area contributed by atoms with Crippen LogP contribution >= 0.6 is 0 Å². The van der Waals surface area contributed by atoms with Gasteiger partial charge in [0.25, 0.3) is 0 Å². The Morgan fingerprint density at radius 2 is 1.77 bits per heavy atom. The molecular weight excluding hydrogens is 272 g/mol. The number of hydrogen-bond acceptors (Lipinski definition) is 2. The molecule has 0 bridgehead atoms. The molecule has 122 valence electrons. The minimum Gasteiger partial charge on any atom is -0.334 e. The van der Waals surface area contributed by atoms with Gasteiger partial charge in [0.1, 0.15) is 0 Å². The molecular formula is C19H30N2O. The third-order valence-corrected chi connectivity index (χ3v) is 4.89. The first-order valence-corrected chi connectivity index (χ1v) is 8.44. The van der Waals surface area contributed by atoms with Crippen molar-refractivity contribution in [1.82, 2.24) is 4.90 Å². The van der Waals surface area contributed by atoms with Gasteiger partial charge in [0.05, 0.1) is 0 Å². The Hall–Kier alpha value is -1.35. The van der Waals surface area contributed by atoms with Crippen LogP contribution in [-0.4, -0.2) is 10.8 Å². The van der Waals surface area contributed by atoms with Crippen LogP contribution in [0.2, 0.25) is 0 Å². The molecule has 2 rings (SSSR count). The van der Waals surface area contributed by atoms with Crippen molar-refractivity contribution in [2.24, 2.45) is 17.1 Å². The van der Waals surface area contributed by atoms with E-state index in [0.717, 1.165) is 25.9 Å². The van der Waals surface area contributed by atoms with Crippen LogP contribution < -0.4 is 5.73 Å². The van der Waals surface area contributed by atoms with Crippen LogP contribution in [0.1, 0.15) is 70.2 Å². The average molecular weight is 302 g/mol. The predicted molar refractivity (Wildman–Crippen MR) is 91.2 cm³/mol. The fraction of sp³-hybridized carbons (Fsp3) is 0.632. The lowest BCUT2D eigenvalue weighted by atomic mass is 9.82. The highest BCUT2D eigenvalue weighted by atomic mass is 16.2. The summed E-state index contributed by atoms with van der Waals surface area (Å²) < 4.78 is 0. The van der Waals surface area contributed by atoms with E-state index in [0.29, 0.717) is 5.91 Å². The molecule has 0 radical (unpaired) electrons. The number of amides is 1. The molecule has 1 heterocycles. The Labute approximate surface area is 134 Å². The summed E-state index contributed by atoms with van der Waals surface area (Å²) in [4.78, 5) is 14.6. The molecule has 0 aliphatic carbocycles. The maximum absolute atomic E-state index is 12.6. The number of carbonyl (C=O) groups excluding carboxylic acids is 1. The number of rotatable bonds is 4. The van der Waals surface area contributed by atoms with Crippen LogP contribution in [0.5, 0.6) is 0 Å². The molecule has 0 spiro atoms. The van der Waals surface area contributed by atoms with Gasteiger partial charge in [-0.3, -0.25) is 4.79 Å². The number of nitrogens with two attached hydrogens (primary N) is 1. The van der Waals surface area contributed by atoms with Crippen molar-refractivity contribution < 1.29 is 4.79 Å². The summed E-state index contributed by atoms with van der Waals surface area (Å²) in [5, 5.41) is 0. The van der Waals surface area contributed by atoms with Gasteiger partial charge < -0.3 is 10.6 Å². The van der Waals surface area contributed by atoms with Gasteiger partial charge in [-0.1, -0.05) is 52.8 Å². The third kappa shape index (κ3) is 3.35. The summed E-state index contributed by atoms with van der Waals surface area (Å²) in [7, 11) is 0. The molecule has 1 aliphatic rings. The van der Waals surface area contributed by atoms with Crippen molar-refractivity contribution >= 4 is 5.91 Å². The van der Waals surface area contributed by atoms with E-state index in [2.05, 4.69) is 52.8 Å². The minimum absolute atomic E-state index is 0.0154. The first-order chi connectivity index (χ1) is 10.3. The van der Waals surface area contributed by atoms with Gasteiger partial charge in [0, 0.05) is 25.0 Å². The van der Waals surface area contributed by atoms with Gasteiger partial charge in [-0.05, 0) is 34.9 Å². The van der Waals surface area contributed by atoms with Gasteiger partial charge in [0.2, 0.25) is 5.91 Å². The lowest BCUT2D eigenvalue weighted by molar-refractivity contribution is -0.136. The Balaban J connectivity index is 2.17.